The first-order valence-corrected chi connectivity index (χ1v) is 9.29. The van der Waals surface area contributed by atoms with E-state index < -0.39 is 5.91 Å². The predicted molar refractivity (Wildman–Crippen MR) is 111 cm³/mol. The summed E-state index contributed by atoms with van der Waals surface area (Å²) in [6.45, 7) is 6.71. The Morgan fingerprint density at radius 3 is 2.56 bits per heavy atom. The minimum atomic E-state index is -0.410. The van der Waals surface area contributed by atoms with Gasteiger partial charge in [0.2, 0.25) is 0 Å². The van der Waals surface area contributed by atoms with Crippen LogP contribution in [0.1, 0.15) is 36.5 Å². The van der Waals surface area contributed by atoms with Gasteiger partial charge in [-0.1, -0.05) is 55.8 Å². The number of nitriles is 1. The highest BCUT2D eigenvalue weighted by Gasteiger charge is 2.15. The summed E-state index contributed by atoms with van der Waals surface area (Å²) in [7, 11) is 0. The zero-order chi connectivity index (χ0) is 19.8. The van der Waals surface area contributed by atoms with Crippen molar-refractivity contribution in [3.63, 3.8) is 0 Å². The van der Waals surface area contributed by atoms with Crippen molar-refractivity contribution in [2.24, 2.45) is 0 Å². The van der Waals surface area contributed by atoms with Crippen LogP contribution in [0.25, 0.3) is 0 Å². The highest BCUT2D eigenvalue weighted by atomic mass is 35.5. The number of carbonyl (C=O) groups excluding carboxylic acids is 1. The second kappa shape index (κ2) is 9.80. The lowest BCUT2D eigenvalue weighted by Crippen LogP contribution is -2.19. The van der Waals surface area contributed by atoms with Crippen LogP contribution in [0.2, 0.25) is 5.02 Å². The molecule has 0 aromatic heterocycles. The lowest BCUT2D eigenvalue weighted by atomic mass is 9.98. The Morgan fingerprint density at radius 1 is 1.22 bits per heavy atom. The smallest absolute Gasteiger partial charge is 0.267 e. The summed E-state index contributed by atoms with van der Waals surface area (Å²) in [5, 5.41) is 16.0. The average Bonchev–Trinajstić information content (AvgIpc) is 2.64. The van der Waals surface area contributed by atoms with Gasteiger partial charge in [0, 0.05) is 23.5 Å². The van der Waals surface area contributed by atoms with E-state index in [-0.39, 0.29) is 11.5 Å². The predicted octanol–water partition coefficient (Wildman–Crippen LogP) is 4.95. The quantitative estimate of drug-likeness (QED) is 0.405. The van der Waals surface area contributed by atoms with Crippen molar-refractivity contribution in [3.8, 4) is 6.07 Å². The summed E-state index contributed by atoms with van der Waals surface area (Å²) < 4.78 is 0. The molecule has 0 bridgehead atoms. The van der Waals surface area contributed by atoms with E-state index >= 15 is 0 Å². The lowest BCUT2D eigenvalue weighted by molar-refractivity contribution is -0.112. The van der Waals surface area contributed by atoms with Gasteiger partial charge in [-0.25, -0.2) is 0 Å². The van der Waals surface area contributed by atoms with Crippen molar-refractivity contribution < 1.29 is 4.79 Å². The fraction of sp³-hybridized carbons (Fsp3) is 0.273. The Bertz CT molecular complexity index is 864. The maximum absolute atomic E-state index is 12.5. The molecule has 0 radical (unpaired) electrons. The molecule has 27 heavy (non-hydrogen) atoms. The third-order valence-electron chi connectivity index (χ3n) is 4.25. The van der Waals surface area contributed by atoms with Gasteiger partial charge in [-0.05, 0) is 48.1 Å². The van der Waals surface area contributed by atoms with Crippen LogP contribution in [0, 0.1) is 18.3 Å². The van der Waals surface area contributed by atoms with E-state index in [4.69, 9.17) is 11.6 Å². The third-order valence-corrected chi connectivity index (χ3v) is 4.50. The molecule has 0 heterocycles. The molecule has 4 nitrogen and oxygen atoms in total. The summed E-state index contributed by atoms with van der Waals surface area (Å²) in [6.07, 6.45) is 2.24. The second-order valence-corrected chi connectivity index (χ2v) is 7.08. The van der Waals surface area contributed by atoms with Crippen molar-refractivity contribution in [1.29, 1.82) is 5.26 Å². The van der Waals surface area contributed by atoms with E-state index in [2.05, 4.69) is 24.5 Å². The number of nitrogens with one attached hydrogen (secondary N) is 2. The largest absolute Gasteiger partial charge is 0.389 e. The number of amides is 1. The molecule has 5 heteroatoms. The van der Waals surface area contributed by atoms with Crippen LogP contribution in [0.15, 0.2) is 54.2 Å². The topological polar surface area (TPSA) is 64.9 Å². The van der Waals surface area contributed by atoms with Crippen LogP contribution in [0.3, 0.4) is 0 Å². The molecule has 0 aliphatic rings. The molecule has 2 aromatic rings. The number of para-hydroxylation sites is 1. The van der Waals surface area contributed by atoms with Crippen molar-refractivity contribution in [2.75, 3.05) is 11.9 Å². The fourth-order valence-corrected chi connectivity index (χ4v) is 2.84. The minimum absolute atomic E-state index is 0.0454. The molecule has 0 unspecified atom stereocenters. The van der Waals surface area contributed by atoms with Crippen molar-refractivity contribution in [3.05, 3.63) is 76.0 Å². The zero-order valence-corrected chi connectivity index (χ0v) is 16.6. The summed E-state index contributed by atoms with van der Waals surface area (Å²) in [6, 6.07) is 15.5. The first-order chi connectivity index (χ1) is 12.9. The van der Waals surface area contributed by atoms with E-state index in [9.17, 15) is 10.1 Å². The van der Waals surface area contributed by atoms with E-state index in [1.165, 1.54) is 6.20 Å². The first kappa shape index (κ1) is 20.5. The molecule has 0 atom stereocenters. The molecular formula is C22H24ClN3O. The number of nitrogens with zero attached hydrogens (tertiary/aromatic N) is 1. The van der Waals surface area contributed by atoms with Crippen molar-refractivity contribution in [1.82, 2.24) is 5.32 Å². The van der Waals surface area contributed by atoms with Gasteiger partial charge in [0.15, 0.2) is 0 Å². The van der Waals surface area contributed by atoms with Crippen LogP contribution < -0.4 is 10.6 Å². The molecule has 2 N–H and O–H groups in total. The lowest BCUT2D eigenvalue weighted by Gasteiger charge is -2.16. The van der Waals surface area contributed by atoms with Crippen LogP contribution in [-0.2, 0) is 11.2 Å². The van der Waals surface area contributed by atoms with Crippen LogP contribution >= 0.6 is 11.6 Å². The maximum atomic E-state index is 12.5. The second-order valence-electron chi connectivity index (χ2n) is 6.65. The van der Waals surface area contributed by atoms with Crippen LogP contribution in [0.5, 0.6) is 0 Å². The Balaban J connectivity index is 2.00. The third kappa shape index (κ3) is 5.87. The van der Waals surface area contributed by atoms with E-state index in [0.29, 0.717) is 11.6 Å². The average molecular weight is 382 g/mol. The van der Waals surface area contributed by atoms with E-state index in [0.717, 1.165) is 28.8 Å². The Kier molecular flexibility index (Phi) is 7.45. The maximum Gasteiger partial charge on any atom is 0.267 e. The molecular weight excluding hydrogens is 358 g/mol. The molecule has 2 aromatic carbocycles. The van der Waals surface area contributed by atoms with Gasteiger partial charge in [-0.2, -0.15) is 5.26 Å². The number of aryl methyl sites for hydroxylation is 1. The van der Waals surface area contributed by atoms with Crippen LogP contribution in [0.4, 0.5) is 5.69 Å². The number of carbonyl (C=O) groups is 1. The summed E-state index contributed by atoms with van der Waals surface area (Å²) in [4.78, 5) is 12.5. The van der Waals surface area contributed by atoms with Crippen molar-refractivity contribution >= 4 is 23.2 Å². The van der Waals surface area contributed by atoms with Gasteiger partial charge in [0.05, 0.1) is 0 Å². The van der Waals surface area contributed by atoms with Gasteiger partial charge in [0.1, 0.15) is 11.6 Å². The van der Waals surface area contributed by atoms with Crippen LogP contribution in [-0.4, -0.2) is 12.5 Å². The monoisotopic (exact) mass is 381 g/mol. The highest BCUT2D eigenvalue weighted by Crippen LogP contribution is 2.27. The molecule has 2 rings (SSSR count). The number of anilines is 1. The number of halogens is 1. The Labute approximate surface area is 165 Å². The normalized spacial score (nSPS) is 11.2. The van der Waals surface area contributed by atoms with Gasteiger partial charge in [-0.15, -0.1) is 0 Å². The Morgan fingerprint density at radius 2 is 1.93 bits per heavy atom. The number of hydrogen-bond acceptors (Lipinski definition) is 3. The van der Waals surface area contributed by atoms with E-state index in [1.54, 1.807) is 0 Å². The molecule has 0 aliphatic heterocycles. The van der Waals surface area contributed by atoms with Crippen molar-refractivity contribution in [2.45, 2.75) is 33.1 Å². The minimum Gasteiger partial charge on any atom is -0.389 e. The highest BCUT2D eigenvalue weighted by molar-refractivity contribution is 6.30. The molecule has 0 saturated carbocycles. The van der Waals surface area contributed by atoms with Gasteiger partial charge in [0.25, 0.3) is 5.91 Å². The SMILES string of the molecule is Cc1cccc(C(C)C)c1NC(=O)/C(C#N)=C\NCCc1ccc(Cl)cc1. The first-order valence-electron chi connectivity index (χ1n) is 8.91. The number of hydrogen-bond donors (Lipinski definition) is 2. The molecule has 1 amide bonds. The molecule has 0 spiro atoms. The number of benzene rings is 2. The summed E-state index contributed by atoms with van der Waals surface area (Å²) in [5.74, 6) is -0.139. The van der Waals surface area contributed by atoms with Gasteiger partial charge < -0.3 is 10.6 Å². The summed E-state index contributed by atoms with van der Waals surface area (Å²) in [5.41, 5.74) is 3.98. The molecule has 140 valence electrons. The molecule has 0 saturated heterocycles. The Hall–Kier alpha value is -2.77. The fourth-order valence-electron chi connectivity index (χ4n) is 2.71. The van der Waals surface area contributed by atoms with Gasteiger partial charge in [-0.3, -0.25) is 4.79 Å². The molecule has 0 aliphatic carbocycles. The molecule has 0 fully saturated rings. The summed E-state index contributed by atoms with van der Waals surface area (Å²) >= 11 is 5.87. The zero-order valence-electron chi connectivity index (χ0n) is 15.8. The van der Waals surface area contributed by atoms with E-state index in [1.807, 2.05) is 55.5 Å². The number of rotatable bonds is 7. The van der Waals surface area contributed by atoms with Gasteiger partial charge >= 0.3 is 0 Å². The standard InChI is InChI=1S/C22H24ClN3O/c1-15(2)20-6-4-5-16(3)21(20)26-22(27)18(13-24)14-25-12-11-17-7-9-19(23)10-8-17/h4-10,14-15,25H,11-12H2,1-3H3,(H,26,27)/b18-14-.